The van der Waals surface area contributed by atoms with Crippen molar-refractivity contribution in [2.24, 2.45) is 17.3 Å². The maximum atomic E-state index is 12.6. The summed E-state index contributed by atoms with van der Waals surface area (Å²) in [5, 5.41) is 3.12. The molecule has 2 atom stereocenters. The van der Waals surface area contributed by atoms with Crippen molar-refractivity contribution in [1.82, 2.24) is 4.90 Å². The third-order valence-corrected chi connectivity index (χ3v) is 6.73. The second-order valence-corrected chi connectivity index (χ2v) is 8.53. The van der Waals surface area contributed by atoms with Crippen LogP contribution in [0.2, 0.25) is 0 Å². The van der Waals surface area contributed by atoms with Crippen LogP contribution in [0.1, 0.15) is 39.5 Å². The molecule has 1 aliphatic heterocycles. The topological polar surface area (TPSA) is 32.3 Å². The number of hydrogen-bond donors (Lipinski definition) is 1. The lowest BCUT2D eigenvalue weighted by Gasteiger charge is -2.34. The molecular formula is C20H30N2OS. The number of thioether (sulfide) groups is 1. The van der Waals surface area contributed by atoms with Crippen LogP contribution in [0.3, 0.4) is 0 Å². The normalized spacial score (nSPS) is 23.9. The quantitative estimate of drug-likeness (QED) is 0.770. The number of benzene rings is 1. The lowest BCUT2D eigenvalue weighted by atomic mass is 9.90. The van der Waals surface area contributed by atoms with Crippen molar-refractivity contribution in [2.45, 2.75) is 44.4 Å². The fraction of sp³-hybridized carbons (Fsp3) is 0.650. The minimum absolute atomic E-state index is 0.224. The summed E-state index contributed by atoms with van der Waals surface area (Å²) in [6.07, 6.45) is 6.77. The Labute approximate surface area is 150 Å². The van der Waals surface area contributed by atoms with Gasteiger partial charge in [0.25, 0.3) is 0 Å². The Morgan fingerprint density at radius 1 is 1.33 bits per heavy atom. The zero-order valence-corrected chi connectivity index (χ0v) is 16.0. The third-order valence-electron chi connectivity index (χ3n) is 5.98. The smallest absolute Gasteiger partial charge is 0.228 e. The van der Waals surface area contributed by atoms with Crippen LogP contribution in [0.25, 0.3) is 0 Å². The highest BCUT2D eigenvalue weighted by molar-refractivity contribution is 7.98. The number of piperidine rings is 1. The second-order valence-electron chi connectivity index (χ2n) is 7.65. The predicted molar refractivity (Wildman–Crippen MR) is 103 cm³/mol. The van der Waals surface area contributed by atoms with Gasteiger partial charge in [0.05, 0.1) is 0 Å². The van der Waals surface area contributed by atoms with Gasteiger partial charge in [-0.1, -0.05) is 20.3 Å². The highest BCUT2D eigenvalue weighted by Crippen LogP contribution is 2.59. The van der Waals surface area contributed by atoms with Crippen LogP contribution in [0.5, 0.6) is 0 Å². The molecule has 2 aliphatic rings. The van der Waals surface area contributed by atoms with E-state index >= 15 is 0 Å². The summed E-state index contributed by atoms with van der Waals surface area (Å²) in [5.41, 5.74) is 1.23. The molecule has 0 bridgehead atoms. The summed E-state index contributed by atoms with van der Waals surface area (Å²) in [6, 6.07) is 8.15. The zero-order chi connectivity index (χ0) is 17.2. The SMILES string of the molecule is CC[C@H](C)CN1CCC2(CC1)C[C@H]2C(=O)Nc1ccc(SC)cc1. The molecule has 1 spiro atoms. The number of anilines is 1. The highest BCUT2D eigenvalue weighted by Gasteiger charge is 2.58. The van der Waals surface area contributed by atoms with Gasteiger partial charge in [-0.3, -0.25) is 4.79 Å². The Hall–Kier alpha value is -1.00. The van der Waals surface area contributed by atoms with Gasteiger partial charge in [0, 0.05) is 23.0 Å². The average molecular weight is 347 g/mol. The third kappa shape index (κ3) is 3.97. The van der Waals surface area contributed by atoms with Crippen LogP contribution in [0, 0.1) is 17.3 Å². The lowest BCUT2D eigenvalue weighted by molar-refractivity contribution is -0.118. The lowest BCUT2D eigenvalue weighted by Crippen LogP contribution is -2.38. The molecule has 1 N–H and O–H groups in total. The molecule has 0 radical (unpaired) electrons. The van der Waals surface area contributed by atoms with Crippen molar-refractivity contribution in [3.05, 3.63) is 24.3 Å². The zero-order valence-electron chi connectivity index (χ0n) is 15.2. The molecule has 3 nitrogen and oxygen atoms in total. The number of rotatable bonds is 6. The monoisotopic (exact) mass is 346 g/mol. The summed E-state index contributed by atoms with van der Waals surface area (Å²) >= 11 is 1.72. The van der Waals surface area contributed by atoms with Crippen LogP contribution in [0.15, 0.2) is 29.2 Å². The fourth-order valence-electron chi connectivity index (χ4n) is 3.93. The molecule has 1 aliphatic carbocycles. The summed E-state index contributed by atoms with van der Waals surface area (Å²) in [7, 11) is 0. The van der Waals surface area contributed by atoms with E-state index in [0.717, 1.165) is 31.1 Å². The van der Waals surface area contributed by atoms with Crippen LogP contribution < -0.4 is 5.32 Å². The number of carbonyl (C=O) groups excluding carboxylic acids is 1. The molecule has 1 saturated carbocycles. The molecule has 24 heavy (non-hydrogen) atoms. The maximum absolute atomic E-state index is 12.6. The molecule has 2 fully saturated rings. The first-order valence-electron chi connectivity index (χ1n) is 9.23. The first-order chi connectivity index (χ1) is 11.6. The number of hydrogen-bond acceptors (Lipinski definition) is 3. The van der Waals surface area contributed by atoms with Gasteiger partial charge in [0.15, 0.2) is 0 Å². The highest BCUT2D eigenvalue weighted by atomic mass is 32.2. The van der Waals surface area contributed by atoms with Crippen LogP contribution in [0.4, 0.5) is 5.69 Å². The summed E-state index contributed by atoms with van der Waals surface area (Å²) in [4.78, 5) is 16.4. The number of amides is 1. The van der Waals surface area contributed by atoms with Crippen molar-refractivity contribution < 1.29 is 4.79 Å². The average Bonchev–Trinajstić information content (AvgIpc) is 3.31. The molecule has 132 valence electrons. The number of likely N-dealkylation sites (tertiary alicyclic amines) is 1. The molecular weight excluding hydrogens is 316 g/mol. The van der Waals surface area contributed by atoms with E-state index in [4.69, 9.17) is 0 Å². The largest absolute Gasteiger partial charge is 0.326 e. The molecule has 0 unspecified atom stereocenters. The van der Waals surface area contributed by atoms with Crippen molar-refractivity contribution in [3.8, 4) is 0 Å². The van der Waals surface area contributed by atoms with Gasteiger partial charge in [-0.15, -0.1) is 11.8 Å². The van der Waals surface area contributed by atoms with E-state index in [9.17, 15) is 4.79 Å². The second kappa shape index (κ2) is 7.49. The number of nitrogens with zero attached hydrogens (tertiary/aromatic N) is 1. The minimum atomic E-state index is 0.224. The molecule has 1 amide bonds. The van der Waals surface area contributed by atoms with E-state index in [1.54, 1.807) is 11.8 Å². The molecule has 0 aromatic heterocycles. The Kier molecular flexibility index (Phi) is 5.56. The summed E-state index contributed by atoms with van der Waals surface area (Å²) in [6.45, 7) is 8.14. The fourth-order valence-corrected chi connectivity index (χ4v) is 4.33. The van der Waals surface area contributed by atoms with E-state index in [-0.39, 0.29) is 11.8 Å². The van der Waals surface area contributed by atoms with Crippen LogP contribution in [-0.4, -0.2) is 36.7 Å². The molecule has 1 saturated heterocycles. The minimum Gasteiger partial charge on any atom is -0.326 e. The van der Waals surface area contributed by atoms with Gasteiger partial charge < -0.3 is 10.2 Å². The molecule has 1 heterocycles. The van der Waals surface area contributed by atoms with Gasteiger partial charge >= 0.3 is 0 Å². The van der Waals surface area contributed by atoms with E-state index in [1.807, 2.05) is 12.1 Å². The van der Waals surface area contributed by atoms with E-state index in [1.165, 1.54) is 30.7 Å². The Morgan fingerprint density at radius 3 is 2.58 bits per heavy atom. The van der Waals surface area contributed by atoms with Crippen molar-refractivity contribution in [1.29, 1.82) is 0 Å². The maximum Gasteiger partial charge on any atom is 0.228 e. The van der Waals surface area contributed by atoms with Gasteiger partial charge in [-0.05, 0) is 74.2 Å². The molecule has 4 heteroatoms. The summed E-state index contributed by atoms with van der Waals surface area (Å²) in [5.74, 6) is 1.23. The van der Waals surface area contributed by atoms with Gasteiger partial charge in [0.1, 0.15) is 0 Å². The Morgan fingerprint density at radius 2 is 2.00 bits per heavy atom. The predicted octanol–water partition coefficient (Wildman–Crippen LogP) is 4.50. The Balaban J connectivity index is 1.48. The van der Waals surface area contributed by atoms with Crippen molar-refractivity contribution in [3.63, 3.8) is 0 Å². The number of nitrogens with one attached hydrogen (secondary N) is 1. The standard InChI is InChI=1S/C20H30N2OS/c1-4-15(2)14-22-11-9-20(10-12-22)13-18(20)19(23)21-16-5-7-17(24-3)8-6-16/h5-8,15,18H,4,9-14H2,1-3H3,(H,21,23)/t15-,18-/m0/s1. The first-order valence-corrected chi connectivity index (χ1v) is 10.5. The molecule has 1 aromatic rings. The molecule has 1 aromatic carbocycles. The van der Waals surface area contributed by atoms with E-state index < -0.39 is 0 Å². The first kappa shape index (κ1) is 17.8. The summed E-state index contributed by atoms with van der Waals surface area (Å²) < 4.78 is 0. The van der Waals surface area contributed by atoms with Gasteiger partial charge in [-0.25, -0.2) is 0 Å². The van der Waals surface area contributed by atoms with Gasteiger partial charge in [0.2, 0.25) is 5.91 Å². The van der Waals surface area contributed by atoms with Crippen molar-refractivity contribution in [2.75, 3.05) is 31.2 Å². The van der Waals surface area contributed by atoms with Crippen LogP contribution in [-0.2, 0) is 4.79 Å². The van der Waals surface area contributed by atoms with E-state index in [0.29, 0.717) is 5.41 Å². The molecule has 3 rings (SSSR count). The Bertz CT molecular complexity index is 564. The van der Waals surface area contributed by atoms with E-state index in [2.05, 4.69) is 42.5 Å². The number of carbonyl (C=O) groups is 1. The van der Waals surface area contributed by atoms with Crippen LogP contribution >= 0.6 is 11.8 Å². The van der Waals surface area contributed by atoms with Crippen molar-refractivity contribution >= 4 is 23.4 Å². The van der Waals surface area contributed by atoms with Gasteiger partial charge in [-0.2, -0.15) is 0 Å².